The molecule has 2 saturated heterocycles. The molecule has 0 radical (unpaired) electrons. The smallest absolute Gasteiger partial charge is 0.275 e. The summed E-state index contributed by atoms with van der Waals surface area (Å²) in [5.41, 5.74) is 9.24. The Hall–Kier alpha value is -2.59. The van der Waals surface area contributed by atoms with E-state index in [1.165, 1.54) is 11.5 Å². The van der Waals surface area contributed by atoms with Crippen molar-refractivity contribution in [3.8, 4) is 0 Å². The zero-order valence-corrected chi connectivity index (χ0v) is 17.2. The number of carbonyl (C=O) groups excluding carboxylic acids is 1. The van der Waals surface area contributed by atoms with Crippen molar-refractivity contribution in [2.75, 3.05) is 24.5 Å². The van der Waals surface area contributed by atoms with Gasteiger partial charge in [-0.2, -0.15) is 5.10 Å². The van der Waals surface area contributed by atoms with Crippen molar-refractivity contribution < 1.29 is 4.79 Å². The summed E-state index contributed by atoms with van der Waals surface area (Å²) >= 11 is 1.20. The minimum Gasteiger partial charge on any atom is -0.355 e. The quantitative estimate of drug-likeness (QED) is 0.699. The minimum absolute atomic E-state index is 0.0661. The highest BCUT2D eigenvalue weighted by Crippen LogP contribution is 2.32. The van der Waals surface area contributed by atoms with Gasteiger partial charge in [-0.15, -0.1) is 5.10 Å². The molecule has 2 fully saturated rings. The maximum atomic E-state index is 12.9. The third kappa shape index (κ3) is 3.36. The Labute approximate surface area is 172 Å². The van der Waals surface area contributed by atoms with Crippen molar-refractivity contribution in [3.63, 3.8) is 0 Å². The number of nitrogens with two attached hydrogens (primary N) is 1. The molecule has 5 heterocycles. The molecule has 9 nitrogen and oxygen atoms in total. The van der Waals surface area contributed by atoms with E-state index in [2.05, 4.69) is 21.4 Å². The van der Waals surface area contributed by atoms with Crippen LogP contribution in [0.1, 0.15) is 53.5 Å². The second-order valence-corrected chi connectivity index (χ2v) is 8.52. The third-order valence-electron chi connectivity index (χ3n) is 5.83. The third-order valence-corrected chi connectivity index (χ3v) is 6.34. The van der Waals surface area contributed by atoms with Gasteiger partial charge < -0.3 is 15.5 Å². The average Bonchev–Trinajstić information content (AvgIpc) is 3.47. The Balaban J connectivity index is 1.48. The van der Waals surface area contributed by atoms with Gasteiger partial charge in [0.2, 0.25) is 0 Å². The summed E-state index contributed by atoms with van der Waals surface area (Å²) in [6.07, 6.45) is 5.96. The van der Waals surface area contributed by atoms with Crippen molar-refractivity contribution in [1.82, 2.24) is 29.1 Å². The second-order valence-electron chi connectivity index (χ2n) is 7.91. The standard InChI is InChI=1S/C19H24N8OS/c1-12-9-27-17(21-18(12)25-7-5-13(20)10-25)8-14(23-27)16-4-2-3-6-26(16)19(28)15-11-29-24-22-15/h8-9,11,13,16H,2-7,10,20H2,1H3/t13-,16-/m0/s1. The number of fused-ring (bicyclic) bond motifs is 1. The first-order valence-electron chi connectivity index (χ1n) is 10.1. The lowest BCUT2D eigenvalue weighted by Gasteiger charge is -2.34. The van der Waals surface area contributed by atoms with Gasteiger partial charge in [0.05, 0.1) is 11.7 Å². The SMILES string of the molecule is Cc1cn2nc([C@@H]3CCCCN3C(=O)c3csnn3)cc2nc1N1CC[C@H](N)C1. The van der Waals surface area contributed by atoms with Crippen LogP contribution in [0.15, 0.2) is 17.6 Å². The van der Waals surface area contributed by atoms with Gasteiger partial charge in [-0.25, -0.2) is 9.50 Å². The summed E-state index contributed by atoms with van der Waals surface area (Å²) in [5.74, 6) is 0.901. The lowest BCUT2D eigenvalue weighted by molar-refractivity contribution is 0.0599. The number of rotatable bonds is 3. The molecule has 0 unspecified atom stereocenters. The number of aromatic nitrogens is 5. The zero-order valence-electron chi connectivity index (χ0n) is 16.4. The van der Waals surface area contributed by atoms with Crippen LogP contribution in [0, 0.1) is 6.92 Å². The molecule has 5 rings (SSSR count). The van der Waals surface area contributed by atoms with Crippen LogP contribution in [0.5, 0.6) is 0 Å². The first-order chi connectivity index (χ1) is 14.1. The van der Waals surface area contributed by atoms with Crippen molar-refractivity contribution in [3.05, 3.63) is 34.6 Å². The van der Waals surface area contributed by atoms with Crippen LogP contribution in [0.25, 0.3) is 5.65 Å². The lowest BCUT2D eigenvalue weighted by Crippen LogP contribution is -2.38. The Morgan fingerprint density at radius 2 is 2.17 bits per heavy atom. The number of carbonyl (C=O) groups is 1. The zero-order chi connectivity index (χ0) is 20.0. The first-order valence-corrected chi connectivity index (χ1v) is 10.9. The summed E-state index contributed by atoms with van der Waals surface area (Å²) in [6.45, 7) is 4.52. The molecule has 0 saturated carbocycles. The van der Waals surface area contributed by atoms with Crippen LogP contribution in [-0.4, -0.2) is 60.7 Å². The van der Waals surface area contributed by atoms with Gasteiger partial charge in [0.25, 0.3) is 5.91 Å². The van der Waals surface area contributed by atoms with E-state index in [9.17, 15) is 4.79 Å². The van der Waals surface area contributed by atoms with Gasteiger partial charge in [0.1, 0.15) is 5.82 Å². The summed E-state index contributed by atoms with van der Waals surface area (Å²) in [5, 5.41) is 10.4. The van der Waals surface area contributed by atoms with Gasteiger partial charge in [-0.05, 0) is 44.1 Å². The number of nitrogens with zero attached hydrogens (tertiary/aromatic N) is 7. The number of likely N-dealkylation sites (tertiary alicyclic amines) is 1. The van der Waals surface area contributed by atoms with E-state index in [1.54, 1.807) is 5.38 Å². The molecule has 2 atom stereocenters. The average molecular weight is 413 g/mol. The van der Waals surface area contributed by atoms with Crippen molar-refractivity contribution in [2.24, 2.45) is 5.73 Å². The fourth-order valence-electron chi connectivity index (χ4n) is 4.37. The number of piperidine rings is 1. The first kappa shape index (κ1) is 18.4. The molecule has 10 heteroatoms. The summed E-state index contributed by atoms with van der Waals surface area (Å²) in [6, 6.07) is 2.15. The molecular weight excluding hydrogens is 388 g/mol. The Morgan fingerprint density at radius 3 is 2.93 bits per heavy atom. The summed E-state index contributed by atoms with van der Waals surface area (Å²) < 4.78 is 5.66. The predicted molar refractivity (Wildman–Crippen MR) is 110 cm³/mol. The normalized spacial score (nSPS) is 22.6. The van der Waals surface area contributed by atoms with Crippen molar-refractivity contribution in [1.29, 1.82) is 0 Å². The molecule has 29 heavy (non-hydrogen) atoms. The van der Waals surface area contributed by atoms with Gasteiger partial charge in [-0.1, -0.05) is 4.49 Å². The van der Waals surface area contributed by atoms with Gasteiger partial charge in [0.15, 0.2) is 11.3 Å². The van der Waals surface area contributed by atoms with E-state index in [0.717, 1.165) is 61.5 Å². The summed E-state index contributed by atoms with van der Waals surface area (Å²) in [7, 11) is 0. The Kier molecular flexibility index (Phi) is 4.67. The molecular formula is C19H24N8OS. The van der Waals surface area contributed by atoms with Gasteiger partial charge in [-0.3, -0.25) is 4.79 Å². The van der Waals surface area contributed by atoms with Crippen molar-refractivity contribution >= 4 is 28.9 Å². The van der Waals surface area contributed by atoms with E-state index < -0.39 is 0 Å². The molecule has 2 N–H and O–H groups in total. The van der Waals surface area contributed by atoms with Crippen LogP contribution < -0.4 is 10.6 Å². The van der Waals surface area contributed by atoms with E-state index in [-0.39, 0.29) is 18.0 Å². The fraction of sp³-hybridized carbons (Fsp3) is 0.526. The van der Waals surface area contributed by atoms with Crippen LogP contribution in [0.2, 0.25) is 0 Å². The van der Waals surface area contributed by atoms with E-state index in [1.807, 2.05) is 21.7 Å². The minimum atomic E-state index is -0.0728. The van der Waals surface area contributed by atoms with E-state index in [0.29, 0.717) is 12.2 Å². The number of anilines is 1. The number of hydrogen-bond acceptors (Lipinski definition) is 8. The fourth-order valence-corrected chi connectivity index (χ4v) is 4.80. The van der Waals surface area contributed by atoms with Crippen LogP contribution >= 0.6 is 11.5 Å². The largest absolute Gasteiger partial charge is 0.355 e. The molecule has 1 amide bonds. The number of hydrogen-bond donors (Lipinski definition) is 1. The topological polar surface area (TPSA) is 106 Å². The van der Waals surface area contributed by atoms with Gasteiger partial charge in [0, 0.05) is 48.9 Å². The van der Waals surface area contributed by atoms with Crippen LogP contribution in [0.3, 0.4) is 0 Å². The molecule has 3 aromatic heterocycles. The van der Waals surface area contributed by atoms with Crippen molar-refractivity contribution in [2.45, 2.75) is 44.7 Å². The molecule has 0 spiro atoms. The molecule has 152 valence electrons. The predicted octanol–water partition coefficient (Wildman–Crippen LogP) is 1.79. The molecule has 0 bridgehead atoms. The summed E-state index contributed by atoms with van der Waals surface area (Å²) in [4.78, 5) is 21.9. The van der Waals surface area contributed by atoms with Gasteiger partial charge >= 0.3 is 0 Å². The molecule has 3 aromatic rings. The second kappa shape index (κ2) is 7.34. The lowest BCUT2D eigenvalue weighted by atomic mass is 9.99. The van der Waals surface area contributed by atoms with E-state index in [4.69, 9.17) is 15.8 Å². The Bertz CT molecular complexity index is 1030. The molecule has 0 aromatic carbocycles. The van der Waals surface area contributed by atoms with Crippen LogP contribution in [-0.2, 0) is 0 Å². The molecule has 2 aliphatic heterocycles. The number of aryl methyl sites for hydroxylation is 1. The highest BCUT2D eigenvalue weighted by molar-refractivity contribution is 7.03. The van der Waals surface area contributed by atoms with Crippen LogP contribution in [0.4, 0.5) is 5.82 Å². The highest BCUT2D eigenvalue weighted by atomic mass is 32.1. The molecule has 2 aliphatic rings. The number of amides is 1. The highest BCUT2D eigenvalue weighted by Gasteiger charge is 2.32. The monoisotopic (exact) mass is 412 g/mol. The van der Waals surface area contributed by atoms with E-state index >= 15 is 0 Å². The molecule has 0 aliphatic carbocycles. The maximum absolute atomic E-state index is 12.9. The maximum Gasteiger partial charge on any atom is 0.275 e. The Morgan fingerprint density at radius 1 is 1.28 bits per heavy atom.